The van der Waals surface area contributed by atoms with E-state index in [0.717, 1.165) is 0 Å². The first kappa shape index (κ1) is 11.3. The summed E-state index contributed by atoms with van der Waals surface area (Å²) in [5.41, 5.74) is 1.77. The van der Waals surface area contributed by atoms with Crippen LogP contribution in [0.3, 0.4) is 0 Å². The predicted molar refractivity (Wildman–Crippen MR) is 62.0 cm³/mol. The monoisotopic (exact) mass is 232 g/mol. The first-order valence-corrected chi connectivity index (χ1v) is 5.22. The van der Waals surface area contributed by atoms with Crippen LogP contribution in [0.5, 0.6) is 5.88 Å². The van der Waals surface area contributed by atoms with Gasteiger partial charge in [-0.2, -0.15) is 0 Å². The normalized spacial score (nSPS) is 10.2. The van der Waals surface area contributed by atoms with Crippen molar-refractivity contribution in [1.29, 1.82) is 0 Å². The highest BCUT2D eigenvalue weighted by Crippen LogP contribution is 2.15. The van der Waals surface area contributed by atoms with Gasteiger partial charge in [-0.05, 0) is 25.1 Å². The van der Waals surface area contributed by atoms with Crippen LogP contribution in [-0.2, 0) is 4.74 Å². The van der Waals surface area contributed by atoms with Crippen LogP contribution in [0.2, 0.25) is 0 Å². The number of methoxy groups -OCH3 is 1. The van der Waals surface area contributed by atoms with Gasteiger partial charge in [-0.25, -0.2) is 14.8 Å². The molecule has 0 spiro atoms. The molecule has 0 bridgehead atoms. The zero-order chi connectivity index (χ0) is 12.3. The summed E-state index contributed by atoms with van der Waals surface area (Å²) in [6, 6.07) is 5.04. The summed E-state index contributed by atoms with van der Waals surface area (Å²) in [6.07, 6.45) is 1.53. The van der Waals surface area contributed by atoms with Crippen LogP contribution in [0.25, 0.3) is 11.0 Å². The third kappa shape index (κ3) is 2.33. The molecule has 0 aliphatic rings. The van der Waals surface area contributed by atoms with Crippen LogP contribution in [-0.4, -0.2) is 29.7 Å². The molecule has 0 saturated heterocycles. The standard InChI is InChI=1S/C12H12N2O3/c1-3-17-12(15)8-4-5-9-10(6-8)14-11(16-2)7-13-9/h4-7H,3H2,1-2H3. The molecule has 2 aromatic rings. The maximum Gasteiger partial charge on any atom is 0.338 e. The van der Waals surface area contributed by atoms with Gasteiger partial charge in [-0.1, -0.05) is 0 Å². The number of fused-ring (bicyclic) bond motifs is 1. The Bertz CT molecular complexity index is 554. The molecule has 0 amide bonds. The molecule has 0 N–H and O–H groups in total. The number of esters is 1. The summed E-state index contributed by atoms with van der Waals surface area (Å²) in [7, 11) is 1.52. The van der Waals surface area contributed by atoms with Crippen molar-refractivity contribution < 1.29 is 14.3 Å². The van der Waals surface area contributed by atoms with Crippen LogP contribution in [0.1, 0.15) is 17.3 Å². The Hall–Kier alpha value is -2.17. The quantitative estimate of drug-likeness (QED) is 0.755. The summed E-state index contributed by atoms with van der Waals surface area (Å²) < 4.78 is 9.90. The smallest absolute Gasteiger partial charge is 0.338 e. The highest BCUT2D eigenvalue weighted by Gasteiger charge is 2.08. The molecule has 1 aromatic carbocycles. The molecule has 1 aromatic heterocycles. The molecular weight excluding hydrogens is 220 g/mol. The largest absolute Gasteiger partial charge is 0.480 e. The number of rotatable bonds is 3. The molecule has 5 nitrogen and oxygen atoms in total. The maximum absolute atomic E-state index is 11.5. The average Bonchev–Trinajstić information content (AvgIpc) is 2.37. The van der Waals surface area contributed by atoms with Crippen molar-refractivity contribution in [3.05, 3.63) is 30.0 Å². The molecule has 0 unspecified atom stereocenters. The number of hydrogen-bond acceptors (Lipinski definition) is 5. The first-order valence-electron chi connectivity index (χ1n) is 5.22. The Morgan fingerprint density at radius 3 is 2.88 bits per heavy atom. The highest BCUT2D eigenvalue weighted by molar-refractivity contribution is 5.93. The molecule has 0 radical (unpaired) electrons. The van der Waals surface area contributed by atoms with E-state index >= 15 is 0 Å². The summed E-state index contributed by atoms with van der Waals surface area (Å²) >= 11 is 0. The zero-order valence-corrected chi connectivity index (χ0v) is 9.64. The number of carbonyl (C=O) groups excluding carboxylic acids is 1. The number of ether oxygens (including phenoxy) is 2. The van der Waals surface area contributed by atoms with Crippen LogP contribution in [0, 0.1) is 0 Å². The van der Waals surface area contributed by atoms with Gasteiger partial charge in [0.05, 0.1) is 36.5 Å². The first-order chi connectivity index (χ1) is 8.24. The van der Waals surface area contributed by atoms with E-state index in [2.05, 4.69) is 9.97 Å². The van der Waals surface area contributed by atoms with Crippen molar-refractivity contribution in [1.82, 2.24) is 9.97 Å². The van der Waals surface area contributed by atoms with Crippen LogP contribution in [0.15, 0.2) is 24.4 Å². The van der Waals surface area contributed by atoms with Crippen molar-refractivity contribution in [2.45, 2.75) is 6.92 Å². The second kappa shape index (κ2) is 4.78. The van der Waals surface area contributed by atoms with E-state index in [1.165, 1.54) is 13.3 Å². The van der Waals surface area contributed by atoms with E-state index in [1.807, 2.05) is 0 Å². The molecule has 2 rings (SSSR count). The Morgan fingerprint density at radius 2 is 2.18 bits per heavy atom. The van der Waals surface area contributed by atoms with E-state index in [9.17, 15) is 4.79 Å². The SMILES string of the molecule is CCOC(=O)c1ccc2ncc(OC)nc2c1. The molecule has 0 aliphatic heterocycles. The van der Waals surface area contributed by atoms with Crippen molar-refractivity contribution in [3.63, 3.8) is 0 Å². The summed E-state index contributed by atoms with van der Waals surface area (Å²) in [5.74, 6) is 0.0533. The molecule has 0 atom stereocenters. The number of carbonyl (C=O) groups is 1. The number of benzene rings is 1. The van der Waals surface area contributed by atoms with Gasteiger partial charge in [0.1, 0.15) is 0 Å². The molecular formula is C12H12N2O3. The van der Waals surface area contributed by atoms with Gasteiger partial charge >= 0.3 is 5.97 Å². The van der Waals surface area contributed by atoms with E-state index in [0.29, 0.717) is 29.1 Å². The average molecular weight is 232 g/mol. The summed E-state index contributed by atoms with van der Waals surface area (Å²) in [6.45, 7) is 2.11. The molecule has 17 heavy (non-hydrogen) atoms. The lowest BCUT2D eigenvalue weighted by molar-refractivity contribution is 0.0526. The number of aromatic nitrogens is 2. The number of nitrogens with zero attached hydrogens (tertiary/aromatic N) is 2. The molecule has 1 heterocycles. The van der Waals surface area contributed by atoms with E-state index < -0.39 is 0 Å². The van der Waals surface area contributed by atoms with E-state index in [-0.39, 0.29) is 5.97 Å². The van der Waals surface area contributed by atoms with Gasteiger partial charge < -0.3 is 9.47 Å². The summed E-state index contributed by atoms with van der Waals surface area (Å²) in [5, 5.41) is 0. The Balaban J connectivity index is 2.44. The predicted octanol–water partition coefficient (Wildman–Crippen LogP) is 1.82. The second-order valence-corrected chi connectivity index (χ2v) is 3.34. The van der Waals surface area contributed by atoms with Gasteiger partial charge in [-0.3, -0.25) is 0 Å². The van der Waals surface area contributed by atoms with Crippen LogP contribution in [0.4, 0.5) is 0 Å². The minimum absolute atomic E-state index is 0.348. The van der Waals surface area contributed by atoms with Gasteiger partial charge in [0.25, 0.3) is 0 Å². The van der Waals surface area contributed by atoms with Gasteiger partial charge in [0.2, 0.25) is 5.88 Å². The maximum atomic E-state index is 11.5. The fourth-order valence-electron chi connectivity index (χ4n) is 1.43. The van der Waals surface area contributed by atoms with Crippen LogP contribution < -0.4 is 4.74 Å². The molecule has 0 fully saturated rings. The Kier molecular flexibility index (Phi) is 3.18. The lowest BCUT2D eigenvalue weighted by Crippen LogP contribution is -2.04. The molecule has 0 aliphatic carbocycles. The molecule has 5 heteroatoms. The zero-order valence-electron chi connectivity index (χ0n) is 9.64. The third-order valence-corrected chi connectivity index (χ3v) is 2.24. The van der Waals surface area contributed by atoms with Crippen LogP contribution >= 0.6 is 0 Å². The van der Waals surface area contributed by atoms with Crippen molar-refractivity contribution in [3.8, 4) is 5.88 Å². The fraction of sp³-hybridized carbons (Fsp3) is 0.250. The minimum atomic E-state index is -0.362. The van der Waals surface area contributed by atoms with Gasteiger partial charge in [0.15, 0.2) is 0 Å². The summed E-state index contributed by atoms with van der Waals surface area (Å²) in [4.78, 5) is 19.9. The van der Waals surface area contributed by atoms with Crippen molar-refractivity contribution in [2.75, 3.05) is 13.7 Å². The lowest BCUT2D eigenvalue weighted by atomic mass is 10.2. The van der Waals surface area contributed by atoms with Crippen molar-refractivity contribution >= 4 is 17.0 Å². The lowest BCUT2D eigenvalue weighted by Gasteiger charge is -2.04. The third-order valence-electron chi connectivity index (χ3n) is 2.24. The second-order valence-electron chi connectivity index (χ2n) is 3.34. The van der Waals surface area contributed by atoms with Gasteiger partial charge in [0, 0.05) is 0 Å². The van der Waals surface area contributed by atoms with E-state index in [1.54, 1.807) is 25.1 Å². The van der Waals surface area contributed by atoms with E-state index in [4.69, 9.17) is 9.47 Å². The number of hydrogen-bond donors (Lipinski definition) is 0. The Morgan fingerprint density at radius 1 is 1.35 bits per heavy atom. The minimum Gasteiger partial charge on any atom is -0.480 e. The van der Waals surface area contributed by atoms with Crippen molar-refractivity contribution in [2.24, 2.45) is 0 Å². The fourth-order valence-corrected chi connectivity index (χ4v) is 1.43. The topological polar surface area (TPSA) is 61.3 Å². The Labute approximate surface area is 98.4 Å². The molecule has 0 saturated carbocycles. The van der Waals surface area contributed by atoms with Gasteiger partial charge in [-0.15, -0.1) is 0 Å². The highest BCUT2D eigenvalue weighted by atomic mass is 16.5. The molecule has 88 valence electrons.